The van der Waals surface area contributed by atoms with Crippen LogP contribution in [0.4, 0.5) is 22.7 Å². The van der Waals surface area contributed by atoms with E-state index in [1.165, 1.54) is 96.6 Å². The van der Waals surface area contributed by atoms with Crippen molar-refractivity contribution in [3.05, 3.63) is 35.9 Å². The van der Waals surface area contributed by atoms with Gasteiger partial charge in [-0.3, -0.25) is 9.59 Å². The van der Waals surface area contributed by atoms with Crippen LogP contribution in [0.15, 0.2) is 40.6 Å². The molecule has 2 aromatic carbocycles. The molecule has 0 atom stereocenters. The Kier molecular flexibility index (Phi) is 19.7. The summed E-state index contributed by atoms with van der Waals surface area (Å²) in [7, 11) is 0. The maximum Gasteiger partial charge on any atom is 0.302 e. The van der Waals surface area contributed by atoms with Crippen LogP contribution < -0.4 is 20.1 Å². The van der Waals surface area contributed by atoms with Gasteiger partial charge in [0, 0.05) is 44.8 Å². The van der Waals surface area contributed by atoms with Crippen LogP contribution in [0.1, 0.15) is 110 Å². The number of nitrogens with zero attached hydrogens (tertiary/aromatic N) is 3. The maximum absolute atomic E-state index is 11.2. The average molecular weight is 655 g/mol. The van der Waals surface area contributed by atoms with E-state index in [-0.39, 0.29) is 38.4 Å². The van der Waals surface area contributed by atoms with Crippen molar-refractivity contribution in [3.8, 4) is 11.5 Å². The second-order valence-electron chi connectivity index (χ2n) is 11.9. The highest BCUT2D eigenvalue weighted by Gasteiger charge is 2.13. The third-order valence-corrected chi connectivity index (χ3v) is 7.76. The van der Waals surface area contributed by atoms with Crippen molar-refractivity contribution < 1.29 is 28.5 Å². The van der Waals surface area contributed by atoms with Gasteiger partial charge in [-0.2, -0.15) is 5.11 Å². The van der Waals surface area contributed by atoms with E-state index < -0.39 is 0 Å². The van der Waals surface area contributed by atoms with Gasteiger partial charge in [-0.1, -0.05) is 78.1 Å². The fraction of sp³-hybridized carbons (Fsp3) is 0.622. The molecule has 2 aromatic rings. The first-order valence-electron chi connectivity index (χ1n) is 17.5. The SMILES string of the molecule is CCCCCCCCN(CCCCCCCC)c1ccc(N=Nc2cc(OCCOC(C)=O)c(N)cc2OCCOC(C)=O)c(C)c1. The minimum absolute atomic E-state index is 0.0843. The van der Waals surface area contributed by atoms with Gasteiger partial charge < -0.3 is 29.6 Å². The van der Waals surface area contributed by atoms with Crippen molar-refractivity contribution in [2.45, 2.75) is 112 Å². The summed E-state index contributed by atoms with van der Waals surface area (Å²) in [5, 5.41) is 9.08. The van der Waals surface area contributed by atoms with Crippen LogP contribution in [-0.2, 0) is 19.1 Å². The summed E-state index contributed by atoms with van der Waals surface area (Å²) in [5.74, 6) is -0.0301. The van der Waals surface area contributed by atoms with Crippen molar-refractivity contribution >= 4 is 34.7 Å². The van der Waals surface area contributed by atoms with Gasteiger partial charge in [-0.25, -0.2) is 0 Å². The predicted molar refractivity (Wildman–Crippen MR) is 189 cm³/mol. The molecule has 0 saturated heterocycles. The normalized spacial score (nSPS) is 11.1. The van der Waals surface area contributed by atoms with Crippen LogP contribution in [0.3, 0.4) is 0 Å². The zero-order chi connectivity index (χ0) is 34.3. The molecule has 2 N–H and O–H groups in total. The van der Waals surface area contributed by atoms with Crippen LogP contribution in [0.25, 0.3) is 0 Å². The first kappa shape index (κ1) is 39.4. The Hall–Kier alpha value is -3.82. The van der Waals surface area contributed by atoms with Crippen molar-refractivity contribution in [1.29, 1.82) is 0 Å². The number of carbonyl (C=O) groups excluding carboxylic acids is 2. The van der Waals surface area contributed by atoms with Crippen molar-refractivity contribution in [2.24, 2.45) is 10.2 Å². The summed E-state index contributed by atoms with van der Waals surface area (Å²) in [6.45, 7) is 11.8. The minimum Gasteiger partial charge on any atom is -0.488 e. The standard InChI is InChI=1S/C37H58N4O6/c1-6-8-10-12-14-16-20-41(21-17-15-13-11-9-7-2)32-18-19-34(29(3)26-32)39-40-35-28-36(46-24-22-44-30(4)42)33(38)27-37(35)47-25-23-45-31(5)43/h18-19,26-28H,6-17,20-25,38H2,1-5H3. The molecule has 10 nitrogen and oxygen atoms in total. The fourth-order valence-electron chi connectivity index (χ4n) is 5.15. The number of aryl methyl sites for hydroxylation is 1. The summed E-state index contributed by atoms with van der Waals surface area (Å²) in [6.07, 6.45) is 15.3. The third-order valence-electron chi connectivity index (χ3n) is 7.76. The Balaban J connectivity index is 2.21. The van der Waals surface area contributed by atoms with E-state index in [1.807, 2.05) is 6.07 Å². The molecule has 0 fully saturated rings. The molecule has 262 valence electrons. The number of nitrogens with two attached hydrogens (primary N) is 1. The average Bonchev–Trinajstić information content (AvgIpc) is 3.04. The smallest absolute Gasteiger partial charge is 0.302 e. The first-order chi connectivity index (χ1) is 22.7. The second kappa shape index (κ2) is 23.5. The third kappa shape index (κ3) is 16.5. The summed E-state index contributed by atoms with van der Waals surface area (Å²) in [4.78, 5) is 24.8. The molecule has 0 aliphatic carbocycles. The number of ether oxygens (including phenoxy) is 4. The van der Waals surface area contributed by atoms with Gasteiger partial charge in [0.05, 0.1) is 11.4 Å². The second-order valence-corrected chi connectivity index (χ2v) is 11.9. The number of hydrogen-bond acceptors (Lipinski definition) is 10. The minimum atomic E-state index is -0.388. The zero-order valence-corrected chi connectivity index (χ0v) is 29.5. The summed E-state index contributed by atoms with van der Waals surface area (Å²) in [6, 6.07) is 9.59. The molecular formula is C37H58N4O6. The lowest BCUT2D eigenvalue weighted by Crippen LogP contribution is -2.25. The number of rotatable bonds is 25. The van der Waals surface area contributed by atoms with Gasteiger partial charge in [0.1, 0.15) is 43.6 Å². The molecule has 0 unspecified atom stereocenters. The molecule has 0 aliphatic heterocycles. The molecule has 0 heterocycles. The Bertz CT molecular complexity index is 1220. The van der Waals surface area contributed by atoms with Gasteiger partial charge >= 0.3 is 11.9 Å². The van der Waals surface area contributed by atoms with E-state index in [4.69, 9.17) is 24.7 Å². The number of unbranched alkanes of at least 4 members (excludes halogenated alkanes) is 10. The van der Waals surface area contributed by atoms with Gasteiger partial charge in [-0.15, -0.1) is 5.11 Å². The summed E-state index contributed by atoms with van der Waals surface area (Å²) in [5.41, 5.74) is 9.93. The first-order valence-corrected chi connectivity index (χ1v) is 17.5. The van der Waals surface area contributed by atoms with Gasteiger partial charge in [-0.05, 0) is 43.5 Å². The molecular weight excluding hydrogens is 596 g/mol. The van der Waals surface area contributed by atoms with Crippen molar-refractivity contribution in [1.82, 2.24) is 0 Å². The molecule has 0 radical (unpaired) electrons. The molecule has 47 heavy (non-hydrogen) atoms. The number of nitrogen functional groups attached to an aromatic ring is 1. The molecule has 0 bridgehead atoms. The number of benzene rings is 2. The topological polar surface area (TPSA) is 125 Å². The van der Waals surface area contributed by atoms with Crippen molar-refractivity contribution in [2.75, 3.05) is 50.2 Å². The van der Waals surface area contributed by atoms with E-state index in [0.29, 0.717) is 22.9 Å². The zero-order valence-electron chi connectivity index (χ0n) is 29.5. The molecule has 0 aromatic heterocycles. The number of anilines is 2. The molecule has 0 amide bonds. The lowest BCUT2D eigenvalue weighted by atomic mass is 10.1. The molecule has 2 rings (SSSR count). The maximum atomic E-state index is 11.2. The number of hydrogen-bond donors (Lipinski definition) is 1. The van der Waals surface area contributed by atoms with Crippen LogP contribution in [0, 0.1) is 6.92 Å². The van der Waals surface area contributed by atoms with Gasteiger partial charge in [0.25, 0.3) is 0 Å². The van der Waals surface area contributed by atoms with E-state index >= 15 is 0 Å². The summed E-state index contributed by atoms with van der Waals surface area (Å²) < 4.78 is 21.5. The van der Waals surface area contributed by atoms with Crippen LogP contribution in [0.2, 0.25) is 0 Å². The quantitative estimate of drug-likeness (QED) is 0.0486. The van der Waals surface area contributed by atoms with Gasteiger partial charge in [0.15, 0.2) is 0 Å². The van der Waals surface area contributed by atoms with Crippen molar-refractivity contribution in [3.63, 3.8) is 0 Å². The van der Waals surface area contributed by atoms with E-state index in [2.05, 4.69) is 48.0 Å². The largest absolute Gasteiger partial charge is 0.488 e. The number of azo groups is 1. The Labute approximate surface area is 282 Å². The van der Waals surface area contributed by atoms with Crippen LogP contribution >= 0.6 is 0 Å². The molecule has 0 spiro atoms. The monoisotopic (exact) mass is 654 g/mol. The number of carbonyl (C=O) groups is 2. The Morgan fingerprint density at radius 3 is 1.70 bits per heavy atom. The van der Waals surface area contributed by atoms with Crippen LogP contribution in [-0.4, -0.2) is 51.5 Å². The fourth-order valence-corrected chi connectivity index (χ4v) is 5.15. The predicted octanol–water partition coefficient (Wildman–Crippen LogP) is 9.40. The van der Waals surface area contributed by atoms with Crippen LogP contribution in [0.5, 0.6) is 11.5 Å². The molecule has 0 saturated carbocycles. The highest BCUT2D eigenvalue weighted by Crippen LogP contribution is 2.38. The van der Waals surface area contributed by atoms with E-state index in [0.717, 1.165) is 24.3 Å². The summed E-state index contributed by atoms with van der Waals surface area (Å²) >= 11 is 0. The highest BCUT2D eigenvalue weighted by molar-refractivity contribution is 5.68. The van der Waals surface area contributed by atoms with Gasteiger partial charge in [0.2, 0.25) is 0 Å². The van der Waals surface area contributed by atoms with E-state index in [1.54, 1.807) is 12.1 Å². The molecule has 10 heteroatoms. The van der Waals surface area contributed by atoms with E-state index in [9.17, 15) is 9.59 Å². The lowest BCUT2D eigenvalue weighted by molar-refractivity contribution is -0.142. The Morgan fingerprint density at radius 1 is 0.660 bits per heavy atom. The lowest BCUT2D eigenvalue weighted by Gasteiger charge is -2.26. The Morgan fingerprint density at radius 2 is 1.17 bits per heavy atom. The molecule has 0 aliphatic rings. The number of esters is 2. The highest BCUT2D eigenvalue weighted by atomic mass is 16.6.